The highest BCUT2D eigenvalue weighted by molar-refractivity contribution is 5.91. The van der Waals surface area contributed by atoms with Crippen molar-refractivity contribution in [2.75, 3.05) is 38.2 Å². The zero-order chi connectivity index (χ0) is 24.2. The summed E-state index contributed by atoms with van der Waals surface area (Å²) >= 11 is 0. The number of hydrogen-bond acceptors (Lipinski definition) is 6. The van der Waals surface area contributed by atoms with Crippen LogP contribution in [-0.2, 0) is 22.6 Å². The Morgan fingerprint density at radius 2 is 1.83 bits per heavy atom. The van der Waals surface area contributed by atoms with Gasteiger partial charge in [0.05, 0.1) is 19.2 Å². The summed E-state index contributed by atoms with van der Waals surface area (Å²) < 4.78 is 17.1. The zero-order valence-corrected chi connectivity index (χ0v) is 21.4. The number of nitrogens with zero attached hydrogens (tertiary/aromatic N) is 2. The number of hydrogen-bond donors (Lipinski definition) is 1. The highest BCUT2D eigenvalue weighted by Gasteiger charge is 2.35. The summed E-state index contributed by atoms with van der Waals surface area (Å²) in [5.74, 6) is 1.52. The van der Waals surface area contributed by atoms with Crippen molar-refractivity contribution < 1.29 is 23.8 Å². The van der Waals surface area contributed by atoms with Crippen molar-refractivity contribution in [3.8, 4) is 11.5 Å². The monoisotopic (exact) mass is 515 g/mol. The van der Waals surface area contributed by atoms with Crippen molar-refractivity contribution >= 4 is 30.1 Å². The Kier molecular flexibility index (Phi) is 8.59. The second-order valence-corrected chi connectivity index (χ2v) is 9.38. The maximum Gasteiger partial charge on any atom is 0.414 e. The third-order valence-corrected chi connectivity index (χ3v) is 7.17. The van der Waals surface area contributed by atoms with Gasteiger partial charge in [0.25, 0.3) is 0 Å². The molecule has 0 unspecified atom stereocenters. The first-order valence-corrected chi connectivity index (χ1v) is 12.5. The lowest BCUT2D eigenvalue weighted by Gasteiger charge is -2.40. The molecule has 9 heteroatoms. The van der Waals surface area contributed by atoms with Gasteiger partial charge in [-0.2, -0.15) is 0 Å². The average molecular weight is 516 g/mol. The minimum Gasteiger partial charge on any atom is -0.496 e. The lowest BCUT2D eigenvalue weighted by Crippen LogP contribution is -2.50. The van der Waals surface area contributed by atoms with Crippen molar-refractivity contribution in [1.29, 1.82) is 0 Å². The molecule has 0 saturated carbocycles. The van der Waals surface area contributed by atoms with Gasteiger partial charge in [-0.05, 0) is 50.9 Å². The molecule has 0 bridgehead atoms. The summed E-state index contributed by atoms with van der Waals surface area (Å²) in [4.78, 5) is 29.3. The van der Waals surface area contributed by atoms with Crippen molar-refractivity contribution in [2.24, 2.45) is 0 Å². The van der Waals surface area contributed by atoms with E-state index in [-0.39, 0.29) is 43.0 Å². The van der Waals surface area contributed by atoms with Crippen LogP contribution in [0.4, 0.5) is 10.5 Å². The maximum atomic E-state index is 13.1. The van der Waals surface area contributed by atoms with E-state index >= 15 is 0 Å². The van der Waals surface area contributed by atoms with Crippen LogP contribution in [0.1, 0.15) is 36.8 Å². The molecule has 3 aliphatic heterocycles. The molecule has 1 N–H and O–H groups in total. The normalized spacial score (nSPS) is 18.6. The van der Waals surface area contributed by atoms with Gasteiger partial charge in [-0.1, -0.05) is 24.3 Å². The molecular weight excluding hydrogens is 482 g/mol. The molecule has 2 amide bonds. The van der Waals surface area contributed by atoms with Gasteiger partial charge in [-0.25, -0.2) is 4.79 Å². The summed E-state index contributed by atoms with van der Waals surface area (Å²) in [5, 5.41) is 3.34. The van der Waals surface area contributed by atoms with Gasteiger partial charge in [0.1, 0.15) is 24.2 Å². The third-order valence-electron chi connectivity index (χ3n) is 7.17. The summed E-state index contributed by atoms with van der Waals surface area (Å²) in [6, 6.07) is 13.6. The number of nitrogens with one attached hydrogen (secondary N) is 1. The fraction of sp³-hybridized carbons (Fsp3) is 0.481. The number of halogens is 1. The number of cyclic esters (lactones) is 1. The standard InChI is InChI=1S/C27H33N3O5.ClH/c1-33-25-17-23(35-22-8-12-28-13-9-22)7-6-19(25)16-26(31)29-14-10-21(11-15-29)30-24-5-3-2-4-20(24)18-34-27(30)32;/h2-7,17,21-22,28H,8-16,18H2,1H3;1H. The number of rotatable bonds is 6. The van der Waals surface area contributed by atoms with Gasteiger partial charge in [-0.3, -0.25) is 9.69 Å². The quantitative estimate of drug-likeness (QED) is 0.627. The number of carbonyl (C=O) groups is 2. The number of piperidine rings is 2. The number of carbonyl (C=O) groups excluding carboxylic acids is 2. The van der Waals surface area contributed by atoms with E-state index in [1.807, 2.05) is 47.4 Å². The summed E-state index contributed by atoms with van der Waals surface area (Å²) in [6.45, 7) is 3.46. The number of para-hydroxylation sites is 1. The smallest absolute Gasteiger partial charge is 0.414 e. The van der Waals surface area contributed by atoms with Crippen molar-refractivity contribution in [2.45, 2.75) is 50.9 Å². The van der Waals surface area contributed by atoms with E-state index in [1.165, 1.54) is 0 Å². The minimum absolute atomic E-state index is 0. The van der Waals surface area contributed by atoms with Crippen LogP contribution in [0.5, 0.6) is 11.5 Å². The van der Waals surface area contributed by atoms with Gasteiger partial charge >= 0.3 is 6.09 Å². The van der Waals surface area contributed by atoms with Gasteiger partial charge < -0.3 is 24.4 Å². The lowest BCUT2D eigenvalue weighted by molar-refractivity contribution is -0.131. The molecule has 0 spiro atoms. The predicted octanol–water partition coefficient (Wildman–Crippen LogP) is 3.94. The first kappa shape index (κ1) is 26.1. The number of benzene rings is 2. The fourth-order valence-corrected chi connectivity index (χ4v) is 5.22. The summed E-state index contributed by atoms with van der Waals surface area (Å²) in [6.07, 6.45) is 3.59. The second kappa shape index (κ2) is 11.8. The van der Waals surface area contributed by atoms with Crippen LogP contribution in [-0.4, -0.2) is 62.3 Å². The van der Waals surface area contributed by atoms with Gasteiger partial charge in [0.15, 0.2) is 0 Å². The molecule has 0 atom stereocenters. The number of methoxy groups -OCH3 is 1. The third kappa shape index (κ3) is 5.71. The molecule has 3 aliphatic rings. The van der Waals surface area contributed by atoms with Crippen LogP contribution in [0.25, 0.3) is 0 Å². The molecule has 2 aromatic carbocycles. The molecule has 2 fully saturated rings. The van der Waals surface area contributed by atoms with Crippen LogP contribution >= 0.6 is 12.4 Å². The Morgan fingerprint density at radius 3 is 2.58 bits per heavy atom. The Hall–Kier alpha value is -2.97. The summed E-state index contributed by atoms with van der Waals surface area (Å²) in [5.41, 5.74) is 2.79. The predicted molar refractivity (Wildman–Crippen MR) is 139 cm³/mol. The Morgan fingerprint density at radius 1 is 1.08 bits per heavy atom. The van der Waals surface area contributed by atoms with Crippen molar-refractivity contribution in [3.05, 3.63) is 53.6 Å². The molecule has 0 radical (unpaired) electrons. The zero-order valence-electron chi connectivity index (χ0n) is 20.6. The van der Waals surface area contributed by atoms with E-state index in [1.54, 1.807) is 12.0 Å². The van der Waals surface area contributed by atoms with Gasteiger partial charge in [0.2, 0.25) is 5.91 Å². The van der Waals surface area contributed by atoms with Gasteiger partial charge in [0, 0.05) is 36.3 Å². The van der Waals surface area contributed by atoms with Crippen LogP contribution in [0.2, 0.25) is 0 Å². The molecule has 36 heavy (non-hydrogen) atoms. The Bertz CT molecular complexity index is 1070. The largest absolute Gasteiger partial charge is 0.496 e. The van der Waals surface area contributed by atoms with E-state index < -0.39 is 0 Å². The first-order valence-electron chi connectivity index (χ1n) is 12.5. The van der Waals surface area contributed by atoms with E-state index in [2.05, 4.69) is 5.32 Å². The summed E-state index contributed by atoms with van der Waals surface area (Å²) in [7, 11) is 1.62. The van der Waals surface area contributed by atoms with E-state index in [9.17, 15) is 9.59 Å². The lowest BCUT2D eigenvalue weighted by atomic mass is 10.00. The number of anilines is 1. The molecule has 0 aliphatic carbocycles. The van der Waals surface area contributed by atoms with Crippen LogP contribution < -0.4 is 19.7 Å². The number of likely N-dealkylation sites (tertiary alicyclic amines) is 1. The second-order valence-electron chi connectivity index (χ2n) is 9.38. The topological polar surface area (TPSA) is 80.3 Å². The maximum absolute atomic E-state index is 13.1. The van der Waals surface area contributed by atoms with Crippen molar-refractivity contribution in [3.63, 3.8) is 0 Å². The number of fused-ring (bicyclic) bond motifs is 1. The highest BCUT2D eigenvalue weighted by Crippen LogP contribution is 2.32. The van der Waals surface area contributed by atoms with Gasteiger partial charge in [-0.15, -0.1) is 12.4 Å². The van der Waals surface area contributed by atoms with E-state index in [0.717, 1.165) is 61.3 Å². The van der Waals surface area contributed by atoms with E-state index in [4.69, 9.17) is 14.2 Å². The Balaban J connectivity index is 0.00000304. The molecule has 2 aromatic rings. The van der Waals surface area contributed by atoms with Crippen LogP contribution in [0, 0.1) is 0 Å². The molecule has 0 aromatic heterocycles. The average Bonchev–Trinajstić information content (AvgIpc) is 2.90. The van der Waals surface area contributed by atoms with Crippen molar-refractivity contribution in [1.82, 2.24) is 10.2 Å². The molecule has 8 nitrogen and oxygen atoms in total. The fourth-order valence-electron chi connectivity index (χ4n) is 5.22. The molecule has 194 valence electrons. The number of amides is 2. The van der Waals surface area contributed by atoms with Crippen LogP contribution in [0.3, 0.4) is 0 Å². The van der Waals surface area contributed by atoms with Crippen LogP contribution in [0.15, 0.2) is 42.5 Å². The first-order chi connectivity index (χ1) is 17.1. The molecule has 2 saturated heterocycles. The van der Waals surface area contributed by atoms with E-state index in [0.29, 0.717) is 25.4 Å². The number of ether oxygens (including phenoxy) is 3. The highest BCUT2D eigenvalue weighted by atomic mass is 35.5. The Labute approximate surface area is 218 Å². The molecular formula is C27H34ClN3O5. The minimum atomic E-state index is -0.301. The SMILES string of the molecule is COc1cc(OC2CCNCC2)ccc1CC(=O)N1CCC(N2C(=O)OCc3ccccc32)CC1.Cl. The molecule has 5 rings (SSSR count). The molecule has 3 heterocycles.